The number of para-hydroxylation sites is 1. The van der Waals surface area contributed by atoms with Crippen molar-refractivity contribution in [1.82, 2.24) is 45.6 Å². The Morgan fingerprint density at radius 3 is 2.21 bits per heavy atom. The number of phenolic OH excluding ortho intramolecular Hbond substituents is 1. The zero-order chi connectivity index (χ0) is 53.2. The number of carbonyl (C=O) groups excluding carboxylic acids is 2. The first-order chi connectivity index (χ1) is 37.2. The molecule has 4 saturated heterocycles. The Morgan fingerprint density at radius 2 is 1.52 bits per heavy atom. The highest BCUT2D eigenvalue weighted by atomic mass is 19.1. The summed E-state index contributed by atoms with van der Waals surface area (Å²) in [7, 11) is 0. The molecule has 5 aliphatic heterocycles. The van der Waals surface area contributed by atoms with Crippen LogP contribution in [0.1, 0.15) is 103 Å². The number of carbonyl (C=O) groups is 2. The molecule has 1 aliphatic carbocycles. The third-order valence-electron chi connectivity index (χ3n) is 17.5. The van der Waals surface area contributed by atoms with Crippen LogP contribution in [0.25, 0.3) is 33.4 Å². The molecule has 0 spiro atoms. The van der Waals surface area contributed by atoms with Gasteiger partial charge in [0.05, 0.1) is 23.5 Å². The van der Waals surface area contributed by atoms with Gasteiger partial charge in [0.1, 0.15) is 17.6 Å². The zero-order valence-electron chi connectivity index (χ0n) is 44.3. The Labute approximate surface area is 448 Å². The van der Waals surface area contributed by atoms with E-state index in [9.17, 15) is 24.2 Å². The van der Waals surface area contributed by atoms with Gasteiger partial charge in [0.25, 0.3) is 0 Å². The van der Waals surface area contributed by atoms with Crippen molar-refractivity contribution in [3.8, 4) is 28.1 Å². The number of hydrogen-bond acceptors (Lipinski definition) is 14. The number of amidine groups is 1. The van der Waals surface area contributed by atoms with Gasteiger partial charge in [-0.15, -0.1) is 10.2 Å². The number of β-amino-alcohol motifs (C(OH)–C–C–N with tert-alkyl or cyclic N) is 1. The quantitative estimate of drug-likeness (QED) is 0.0842. The molecule has 5 fully saturated rings. The maximum Gasteiger partial charge on any atom is 0.246 e. The number of aromatic hydroxyl groups is 1. The summed E-state index contributed by atoms with van der Waals surface area (Å²) < 4.78 is 14.5. The summed E-state index contributed by atoms with van der Waals surface area (Å²) in [5.74, 6) is 0.960. The maximum atomic E-state index is 14.6. The predicted molar refractivity (Wildman–Crippen MR) is 292 cm³/mol. The number of aliphatic hydroxyl groups is 1. The van der Waals surface area contributed by atoms with Crippen LogP contribution >= 0.6 is 0 Å². The molecule has 12 rings (SSSR count). The largest absolute Gasteiger partial charge is 0.507 e. The number of anilines is 2. The van der Waals surface area contributed by atoms with Gasteiger partial charge in [-0.3, -0.25) is 9.59 Å². The highest BCUT2D eigenvalue weighted by Crippen LogP contribution is 2.40. The van der Waals surface area contributed by atoms with E-state index < -0.39 is 29.3 Å². The maximum absolute atomic E-state index is 14.6. The number of piperidine rings is 1. The number of benzene rings is 3. The van der Waals surface area contributed by atoms with Gasteiger partial charge >= 0.3 is 0 Å². The summed E-state index contributed by atoms with van der Waals surface area (Å²) >= 11 is 0. The van der Waals surface area contributed by atoms with E-state index in [1.807, 2.05) is 76.4 Å². The molecule has 6 atom stereocenters. The van der Waals surface area contributed by atoms with E-state index in [4.69, 9.17) is 14.8 Å². The number of piperazine rings is 1. The fourth-order valence-electron chi connectivity index (χ4n) is 13.1. The number of aliphatic hydroxyl groups excluding tert-OH is 1. The van der Waals surface area contributed by atoms with Crippen LogP contribution in [0.15, 0.2) is 103 Å². The minimum absolute atomic E-state index is 0.0964. The van der Waals surface area contributed by atoms with Crippen molar-refractivity contribution < 1.29 is 29.0 Å². The monoisotopic (exact) mass is 1040 g/mol. The summed E-state index contributed by atoms with van der Waals surface area (Å²) in [5.41, 5.74) is 4.65. The van der Waals surface area contributed by atoms with Crippen LogP contribution in [-0.4, -0.2) is 132 Å². The van der Waals surface area contributed by atoms with Crippen molar-refractivity contribution in [1.29, 1.82) is 0 Å². The second kappa shape index (κ2) is 20.3. The van der Waals surface area contributed by atoms with Crippen molar-refractivity contribution in [2.24, 2.45) is 16.5 Å². The second-order valence-corrected chi connectivity index (χ2v) is 23.5. The van der Waals surface area contributed by atoms with Gasteiger partial charge in [0.15, 0.2) is 11.5 Å². The molecule has 2 bridgehead atoms. The molecule has 3 aromatic carbocycles. The molecule has 3 aromatic heterocycles. The topological polar surface area (TPSA) is 201 Å². The molecular weight excluding hydrogens is 976 g/mol. The van der Waals surface area contributed by atoms with Crippen molar-refractivity contribution in [3.05, 3.63) is 114 Å². The first-order valence-electron chi connectivity index (χ1n) is 27.6. The summed E-state index contributed by atoms with van der Waals surface area (Å²) in [4.78, 5) is 57.2. The minimum Gasteiger partial charge on any atom is -0.507 e. The number of fused-ring (bicyclic) bond motifs is 3. The molecule has 2 amide bonds. The van der Waals surface area contributed by atoms with Gasteiger partial charge in [-0.25, -0.2) is 14.4 Å². The zero-order valence-corrected chi connectivity index (χ0v) is 44.3. The van der Waals surface area contributed by atoms with Crippen molar-refractivity contribution in [2.75, 3.05) is 42.5 Å². The standard InChI is InChI=1S/C59H69FN12O5/c1-58(2,3)52(56(76)71-34-43(73)27-49(71)54-65-59(4,77-68-54)39-17-13-36(14-18-39)44-9-5-7-11-47(44)60)64-55(75)37-15-19-40(20-16-37)69-25-23-35(24-26-69)38-29-62-57(63-30-38)72-41-21-22-42(72)33-70(32-41)50-31-61-53-46(50)28-48(66-67-53)45-10-6-8-12-51(45)74/h5-14,17-18,28-31,35,37,40-43,49,52,73-74H,15-16,19-27,32-34H2,1-4H3,(H,61,67)(H,64,75)(H,65,68)/t37-,40+,41?,42?,43-,49+,52-,59-/m1/s1. The third kappa shape index (κ3) is 9.83. The van der Waals surface area contributed by atoms with Crippen LogP contribution in [-0.2, 0) is 20.2 Å². The number of nitrogens with one attached hydrogen (secondary N) is 3. The average molecular weight is 1050 g/mol. The van der Waals surface area contributed by atoms with Crippen molar-refractivity contribution in [3.63, 3.8) is 0 Å². The lowest BCUT2D eigenvalue weighted by Crippen LogP contribution is -2.59. The van der Waals surface area contributed by atoms with Gasteiger partial charge < -0.3 is 50.3 Å². The van der Waals surface area contributed by atoms with E-state index in [1.54, 1.807) is 35.2 Å². The van der Waals surface area contributed by atoms with Gasteiger partial charge in [-0.05, 0) is 111 Å². The number of halogens is 1. The Kier molecular flexibility index (Phi) is 13.4. The smallest absolute Gasteiger partial charge is 0.246 e. The molecule has 6 aromatic rings. The van der Waals surface area contributed by atoms with E-state index in [2.05, 4.69) is 58.1 Å². The Balaban J connectivity index is 0.618. The van der Waals surface area contributed by atoms with Crippen molar-refractivity contribution in [2.45, 2.75) is 133 Å². The summed E-state index contributed by atoms with van der Waals surface area (Å²) in [6.45, 7) is 11.5. The molecule has 6 aliphatic rings. The fraction of sp³-hybridized carbons (Fsp3) is 0.475. The summed E-state index contributed by atoms with van der Waals surface area (Å²) in [5, 5.41) is 42.3. The number of amides is 2. The number of aromatic amines is 1. The molecular formula is C59H69FN12O5. The fourth-order valence-corrected chi connectivity index (χ4v) is 13.1. The highest BCUT2D eigenvalue weighted by molar-refractivity contribution is 5.96. The first kappa shape index (κ1) is 50.6. The molecule has 0 radical (unpaired) electrons. The number of aromatic nitrogens is 5. The van der Waals surface area contributed by atoms with Gasteiger partial charge in [0.2, 0.25) is 23.5 Å². The summed E-state index contributed by atoms with van der Waals surface area (Å²) in [6.07, 6.45) is 13.2. The van der Waals surface area contributed by atoms with Gasteiger partial charge in [-0.2, -0.15) is 0 Å². The molecule has 402 valence electrons. The molecule has 77 heavy (non-hydrogen) atoms. The molecule has 17 nitrogen and oxygen atoms in total. The Morgan fingerprint density at radius 1 is 0.844 bits per heavy atom. The van der Waals surface area contributed by atoms with Crippen LogP contribution in [0.4, 0.5) is 16.0 Å². The van der Waals surface area contributed by atoms with Crippen LogP contribution < -0.4 is 20.4 Å². The minimum atomic E-state index is -1.06. The Bertz CT molecular complexity index is 3150. The van der Waals surface area contributed by atoms with E-state index in [0.717, 1.165) is 111 Å². The van der Waals surface area contributed by atoms with Crippen LogP contribution in [0.2, 0.25) is 0 Å². The number of rotatable bonds is 11. The molecule has 1 saturated carbocycles. The van der Waals surface area contributed by atoms with Crippen LogP contribution in [0.3, 0.4) is 0 Å². The lowest BCUT2D eigenvalue weighted by molar-refractivity contribution is -0.141. The first-order valence-corrected chi connectivity index (χ1v) is 27.6. The number of H-pyrrole nitrogens is 1. The predicted octanol–water partition coefficient (Wildman–Crippen LogP) is 7.82. The lowest BCUT2D eigenvalue weighted by atomic mass is 9.81. The number of phenols is 1. The van der Waals surface area contributed by atoms with E-state index in [1.165, 1.54) is 11.6 Å². The van der Waals surface area contributed by atoms with E-state index in [0.29, 0.717) is 46.7 Å². The number of oxime groups is 1. The molecule has 18 heteroatoms. The number of hydrogen-bond donors (Lipinski definition) is 5. The lowest BCUT2D eigenvalue weighted by Gasteiger charge is -2.42. The molecule has 5 N–H and O–H groups in total. The van der Waals surface area contributed by atoms with Gasteiger partial charge in [-0.1, -0.05) is 80.5 Å². The average Bonchev–Trinajstić information content (AvgIpc) is 4.33. The second-order valence-electron chi connectivity index (χ2n) is 23.5. The third-order valence-corrected chi connectivity index (χ3v) is 17.5. The van der Waals surface area contributed by atoms with E-state index in [-0.39, 0.29) is 42.3 Å². The number of nitrogens with zero attached hydrogens (tertiary/aromatic N) is 9. The van der Waals surface area contributed by atoms with Crippen LogP contribution in [0, 0.1) is 17.2 Å². The SMILES string of the molecule is CC(C)(C)[C@H](NC(=O)[C@H]1CC[C@@H](N2CCC(c3cnc(N4C5CCC4CN(c4c[nH]c6nnc(-c7ccccc7O)cc46)C5)nc3)CC2)CC1)C(=O)N1C[C@H](O)C[C@H]1C1=NO[C@](C)(c2ccc(-c3ccccc3F)cc2)N1. The molecule has 2 unspecified atom stereocenters. The van der Waals surface area contributed by atoms with Crippen molar-refractivity contribution >= 4 is 40.3 Å². The van der Waals surface area contributed by atoms with Gasteiger partial charge in [0, 0.05) is 97.7 Å². The summed E-state index contributed by atoms with van der Waals surface area (Å²) in [6, 6.07) is 22.9. The Hall–Kier alpha value is -7.18. The normalized spacial score (nSPS) is 26.4. The number of likely N-dealkylation sites (tertiary alicyclic amines) is 2. The van der Waals surface area contributed by atoms with E-state index >= 15 is 0 Å². The highest BCUT2D eigenvalue weighted by Gasteiger charge is 2.48. The van der Waals surface area contributed by atoms with Crippen LogP contribution in [0.5, 0.6) is 5.75 Å². The molecule has 8 heterocycles.